The highest BCUT2D eigenvalue weighted by molar-refractivity contribution is 4.71. The normalized spacial score (nSPS) is 22.1. The Bertz CT molecular complexity index is 215. The van der Waals surface area contributed by atoms with E-state index in [0.29, 0.717) is 6.04 Å². The molecule has 0 aromatic heterocycles. The van der Waals surface area contributed by atoms with E-state index in [1.165, 1.54) is 32.2 Å². The topological polar surface area (TPSA) is 24.5 Å². The monoisotopic (exact) mass is 270 g/mol. The van der Waals surface area contributed by atoms with Gasteiger partial charge in [0.25, 0.3) is 0 Å². The van der Waals surface area contributed by atoms with Crippen LogP contribution in [0.1, 0.15) is 46.5 Å². The van der Waals surface area contributed by atoms with Gasteiger partial charge in [-0.05, 0) is 64.6 Å². The molecule has 2 atom stereocenters. The van der Waals surface area contributed by atoms with Crippen LogP contribution in [-0.4, -0.2) is 50.8 Å². The number of hydrogen-bond acceptors (Lipinski definition) is 3. The third kappa shape index (κ3) is 7.91. The lowest BCUT2D eigenvalue weighted by Gasteiger charge is -2.31. The van der Waals surface area contributed by atoms with Crippen molar-refractivity contribution in [3.05, 3.63) is 0 Å². The van der Waals surface area contributed by atoms with E-state index >= 15 is 0 Å². The highest BCUT2D eigenvalue weighted by Crippen LogP contribution is 2.16. The van der Waals surface area contributed by atoms with Crippen molar-refractivity contribution in [3.8, 4) is 0 Å². The molecule has 1 rings (SSSR count). The fraction of sp³-hybridized carbons (Fsp3) is 1.00. The van der Waals surface area contributed by atoms with Crippen LogP contribution >= 0.6 is 0 Å². The second-order valence-corrected chi connectivity index (χ2v) is 6.61. The molecule has 1 saturated heterocycles. The minimum absolute atomic E-state index is 0.683. The van der Waals surface area contributed by atoms with E-state index in [-0.39, 0.29) is 0 Å². The van der Waals surface area contributed by atoms with Gasteiger partial charge >= 0.3 is 0 Å². The van der Waals surface area contributed by atoms with Gasteiger partial charge in [-0.25, -0.2) is 0 Å². The van der Waals surface area contributed by atoms with Crippen molar-refractivity contribution in [1.82, 2.24) is 10.2 Å². The van der Waals surface area contributed by atoms with E-state index in [2.05, 4.69) is 38.0 Å². The molecule has 0 aliphatic carbocycles. The fourth-order valence-electron chi connectivity index (χ4n) is 2.67. The van der Waals surface area contributed by atoms with Crippen LogP contribution in [0.25, 0.3) is 0 Å². The van der Waals surface area contributed by atoms with Gasteiger partial charge in [-0.1, -0.05) is 13.8 Å². The lowest BCUT2D eigenvalue weighted by atomic mass is 10.0. The molecule has 1 N–H and O–H groups in total. The zero-order valence-corrected chi connectivity index (χ0v) is 13.5. The smallest absolute Gasteiger partial charge is 0.0506 e. The lowest BCUT2D eigenvalue weighted by molar-refractivity contribution is 0.0366. The molecule has 1 aliphatic heterocycles. The molecule has 1 aliphatic rings. The lowest BCUT2D eigenvalue weighted by Crippen LogP contribution is -2.36. The third-order valence-corrected chi connectivity index (χ3v) is 4.08. The Labute approximate surface area is 120 Å². The Morgan fingerprint density at radius 3 is 2.74 bits per heavy atom. The Morgan fingerprint density at radius 1 is 1.32 bits per heavy atom. The Balaban J connectivity index is 2.05. The van der Waals surface area contributed by atoms with Crippen molar-refractivity contribution in [2.75, 3.05) is 39.9 Å². The van der Waals surface area contributed by atoms with Crippen LogP contribution in [0.5, 0.6) is 0 Å². The molecule has 0 bridgehead atoms. The van der Waals surface area contributed by atoms with E-state index in [1.54, 1.807) is 0 Å². The summed E-state index contributed by atoms with van der Waals surface area (Å²) in [5, 5.41) is 3.52. The average molecular weight is 270 g/mol. The summed E-state index contributed by atoms with van der Waals surface area (Å²) >= 11 is 0. The third-order valence-electron chi connectivity index (χ3n) is 4.08. The number of nitrogens with zero attached hydrogens (tertiary/aromatic N) is 1. The van der Waals surface area contributed by atoms with Gasteiger partial charge in [0.05, 0.1) is 6.61 Å². The summed E-state index contributed by atoms with van der Waals surface area (Å²) in [6.45, 7) is 12.3. The summed E-state index contributed by atoms with van der Waals surface area (Å²) < 4.78 is 5.56. The van der Waals surface area contributed by atoms with Crippen molar-refractivity contribution < 1.29 is 4.74 Å². The molecule has 2 unspecified atom stereocenters. The first-order valence-electron chi connectivity index (χ1n) is 8.08. The quantitative estimate of drug-likeness (QED) is 0.652. The van der Waals surface area contributed by atoms with Crippen molar-refractivity contribution in [1.29, 1.82) is 0 Å². The molecule has 0 amide bonds. The van der Waals surface area contributed by atoms with Crippen LogP contribution in [0, 0.1) is 11.8 Å². The second-order valence-electron chi connectivity index (χ2n) is 6.61. The van der Waals surface area contributed by atoms with Crippen LogP contribution in [0.4, 0.5) is 0 Å². The molecule has 19 heavy (non-hydrogen) atoms. The Morgan fingerprint density at radius 2 is 2.11 bits per heavy atom. The molecule has 0 spiro atoms. The maximum atomic E-state index is 5.56. The number of nitrogens with one attached hydrogen (secondary N) is 1. The predicted molar refractivity (Wildman–Crippen MR) is 82.6 cm³/mol. The minimum Gasteiger partial charge on any atom is -0.381 e. The van der Waals surface area contributed by atoms with Gasteiger partial charge in [0.15, 0.2) is 0 Å². The molecular weight excluding hydrogens is 236 g/mol. The fourth-order valence-corrected chi connectivity index (χ4v) is 2.67. The first-order chi connectivity index (χ1) is 9.09. The van der Waals surface area contributed by atoms with Crippen molar-refractivity contribution in [2.45, 2.75) is 52.5 Å². The van der Waals surface area contributed by atoms with Gasteiger partial charge in [-0.2, -0.15) is 0 Å². The summed E-state index contributed by atoms with van der Waals surface area (Å²) in [5.74, 6) is 1.51. The van der Waals surface area contributed by atoms with E-state index in [9.17, 15) is 0 Å². The molecule has 0 saturated carbocycles. The minimum atomic E-state index is 0.683. The zero-order valence-electron chi connectivity index (χ0n) is 13.5. The van der Waals surface area contributed by atoms with E-state index in [0.717, 1.165) is 38.1 Å². The number of ether oxygens (including phenoxy) is 1. The van der Waals surface area contributed by atoms with Crippen LogP contribution in [-0.2, 0) is 4.74 Å². The van der Waals surface area contributed by atoms with E-state index < -0.39 is 0 Å². The first-order valence-corrected chi connectivity index (χ1v) is 8.08. The zero-order chi connectivity index (χ0) is 14.1. The molecule has 0 aromatic rings. The summed E-state index contributed by atoms with van der Waals surface area (Å²) in [4.78, 5) is 2.52. The van der Waals surface area contributed by atoms with Gasteiger partial charge in [0.1, 0.15) is 0 Å². The first kappa shape index (κ1) is 16.9. The Hall–Kier alpha value is -0.120. The molecular formula is C16H34N2O. The second kappa shape index (κ2) is 9.73. The molecule has 0 radical (unpaired) electrons. The van der Waals surface area contributed by atoms with Gasteiger partial charge in [0.2, 0.25) is 0 Å². The summed E-state index contributed by atoms with van der Waals surface area (Å²) in [7, 11) is 2.26. The summed E-state index contributed by atoms with van der Waals surface area (Å²) in [6, 6.07) is 0.683. The predicted octanol–water partition coefficient (Wildman–Crippen LogP) is 2.76. The van der Waals surface area contributed by atoms with Gasteiger partial charge in [-0.15, -0.1) is 0 Å². The highest BCUT2D eigenvalue weighted by Gasteiger charge is 2.18. The van der Waals surface area contributed by atoms with Crippen molar-refractivity contribution in [3.63, 3.8) is 0 Å². The van der Waals surface area contributed by atoms with Gasteiger partial charge in [0, 0.05) is 19.2 Å². The average Bonchev–Trinajstić information content (AvgIpc) is 2.38. The molecule has 1 fully saturated rings. The van der Waals surface area contributed by atoms with Crippen LogP contribution in [0.3, 0.4) is 0 Å². The van der Waals surface area contributed by atoms with Crippen LogP contribution in [0.2, 0.25) is 0 Å². The molecule has 3 heteroatoms. The van der Waals surface area contributed by atoms with E-state index in [1.807, 2.05) is 0 Å². The summed E-state index contributed by atoms with van der Waals surface area (Å²) in [6.07, 6.45) is 5.15. The Kier molecular flexibility index (Phi) is 8.67. The van der Waals surface area contributed by atoms with Gasteiger partial charge in [-0.3, -0.25) is 0 Å². The maximum absolute atomic E-state index is 5.56. The largest absolute Gasteiger partial charge is 0.381 e. The molecule has 0 aromatic carbocycles. The standard InChI is InChI=1S/C16H34N2O/c1-14(2)11-17-9-5-7-15(3)18(4)12-16-8-6-10-19-13-16/h14-17H,5-13H2,1-4H3. The SMILES string of the molecule is CC(C)CNCCCC(C)N(C)CC1CCCOC1. The van der Waals surface area contributed by atoms with Crippen molar-refractivity contribution >= 4 is 0 Å². The van der Waals surface area contributed by atoms with Crippen LogP contribution < -0.4 is 5.32 Å². The molecule has 114 valence electrons. The molecule has 3 nitrogen and oxygen atoms in total. The number of rotatable bonds is 9. The van der Waals surface area contributed by atoms with Gasteiger partial charge < -0.3 is 15.0 Å². The van der Waals surface area contributed by atoms with E-state index in [4.69, 9.17) is 4.74 Å². The van der Waals surface area contributed by atoms with Crippen LogP contribution in [0.15, 0.2) is 0 Å². The molecule has 1 heterocycles. The maximum Gasteiger partial charge on any atom is 0.0506 e. The van der Waals surface area contributed by atoms with Crippen molar-refractivity contribution in [2.24, 2.45) is 11.8 Å². The summed E-state index contributed by atoms with van der Waals surface area (Å²) in [5.41, 5.74) is 0. The number of hydrogen-bond donors (Lipinski definition) is 1. The highest BCUT2D eigenvalue weighted by atomic mass is 16.5.